The number of nitrogens with zero attached hydrogens (tertiary/aromatic N) is 1. The molecule has 0 aromatic carbocycles. The second-order valence-corrected chi connectivity index (χ2v) is 3.84. The van der Waals surface area contributed by atoms with E-state index < -0.39 is 18.1 Å². The minimum atomic E-state index is -1.01. The molecule has 15 heavy (non-hydrogen) atoms. The lowest BCUT2D eigenvalue weighted by molar-refractivity contribution is -0.142. The van der Waals surface area contributed by atoms with Gasteiger partial charge in [0.25, 0.3) is 0 Å². The highest BCUT2D eigenvalue weighted by Gasteiger charge is 2.25. The van der Waals surface area contributed by atoms with Gasteiger partial charge in [-0.25, -0.2) is 9.59 Å². The molecule has 0 saturated carbocycles. The van der Waals surface area contributed by atoms with E-state index in [9.17, 15) is 9.59 Å². The molecule has 1 unspecified atom stereocenters. The summed E-state index contributed by atoms with van der Waals surface area (Å²) in [6.07, 6.45) is -0.222. The van der Waals surface area contributed by atoms with Crippen molar-refractivity contribution in [3.8, 4) is 0 Å². The topological polar surface area (TPSA) is 66.8 Å². The average molecular weight is 217 g/mol. The Labute approximate surface area is 90.0 Å². The van der Waals surface area contributed by atoms with Gasteiger partial charge in [-0.3, -0.25) is 4.90 Å². The van der Waals surface area contributed by atoms with E-state index in [1.165, 1.54) is 7.05 Å². The van der Waals surface area contributed by atoms with E-state index in [-0.39, 0.29) is 5.92 Å². The molecule has 0 saturated heterocycles. The van der Waals surface area contributed by atoms with Gasteiger partial charge < -0.3 is 9.84 Å². The molecule has 5 heteroatoms. The van der Waals surface area contributed by atoms with Crippen LogP contribution in [0, 0.1) is 5.92 Å². The first-order chi connectivity index (χ1) is 6.90. The van der Waals surface area contributed by atoms with E-state index >= 15 is 0 Å². The molecule has 0 aliphatic carbocycles. The van der Waals surface area contributed by atoms with Gasteiger partial charge in [0.05, 0.1) is 6.61 Å². The SMILES string of the molecule is CCC(C(=O)O)N(C)C(=O)OCC(C)C. The molecule has 0 aliphatic rings. The number of likely N-dealkylation sites (N-methyl/N-ethyl adjacent to an activating group) is 1. The van der Waals surface area contributed by atoms with Crippen LogP contribution in [-0.2, 0) is 9.53 Å². The zero-order chi connectivity index (χ0) is 12.0. The van der Waals surface area contributed by atoms with Gasteiger partial charge in [-0.15, -0.1) is 0 Å². The van der Waals surface area contributed by atoms with Crippen LogP contribution in [0.5, 0.6) is 0 Å². The molecular formula is C10H19NO4. The highest BCUT2D eigenvalue weighted by Crippen LogP contribution is 2.05. The third-order valence-electron chi connectivity index (χ3n) is 1.97. The number of rotatable bonds is 5. The highest BCUT2D eigenvalue weighted by atomic mass is 16.6. The second kappa shape index (κ2) is 6.27. The van der Waals surface area contributed by atoms with Crippen LogP contribution in [0.4, 0.5) is 4.79 Å². The van der Waals surface area contributed by atoms with Gasteiger partial charge in [-0.2, -0.15) is 0 Å². The Kier molecular flexibility index (Phi) is 5.74. The first kappa shape index (κ1) is 13.7. The molecular weight excluding hydrogens is 198 g/mol. The molecule has 0 aromatic rings. The minimum Gasteiger partial charge on any atom is -0.480 e. The van der Waals surface area contributed by atoms with Gasteiger partial charge in [0.15, 0.2) is 0 Å². The fourth-order valence-corrected chi connectivity index (χ4v) is 1.08. The quantitative estimate of drug-likeness (QED) is 0.759. The van der Waals surface area contributed by atoms with Crippen LogP contribution >= 0.6 is 0 Å². The van der Waals surface area contributed by atoms with Crippen LogP contribution in [0.15, 0.2) is 0 Å². The summed E-state index contributed by atoms with van der Waals surface area (Å²) < 4.78 is 4.92. The molecule has 1 N–H and O–H groups in total. The Morgan fingerprint density at radius 1 is 1.40 bits per heavy atom. The lowest BCUT2D eigenvalue weighted by Gasteiger charge is -2.23. The van der Waals surface area contributed by atoms with Crippen LogP contribution in [0.25, 0.3) is 0 Å². The van der Waals surface area contributed by atoms with Crippen LogP contribution in [-0.4, -0.2) is 41.8 Å². The molecule has 0 spiro atoms. The number of hydrogen-bond acceptors (Lipinski definition) is 3. The molecule has 0 fully saturated rings. The molecule has 0 bridgehead atoms. The Bertz CT molecular complexity index is 227. The number of carboxylic acids is 1. The number of ether oxygens (including phenoxy) is 1. The van der Waals surface area contributed by atoms with E-state index in [0.717, 1.165) is 4.90 Å². The third kappa shape index (κ3) is 4.67. The van der Waals surface area contributed by atoms with Gasteiger partial charge >= 0.3 is 12.1 Å². The molecule has 0 aliphatic heterocycles. The summed E-state index contributed by atoms with van der Waals surface area (Å²) in [4.78, 5) is 23.3. The predicted molar refractivity (Wildman–Crippen MR) is 55.7 cm³/mol. The lowest BCUT2D eigenvalue weighted by Crippen LogP contribution is -2.42. The molecule has 0 radical (unpaired) electrons. The normalized spacial score (nSPS) is 12.3. The molecule has 0 aromatic heterocycles. The zero-order valence-electron chi connectivity index (χ0n) is 9.69. The molecule has 1 atom stereocenters. The largest absolute Gasteiger partial charge is 0.480 e. The van der Waals surface area contributed by atoms with Gasteiger partial charge in [-0.05, 0) is 12.3 Å². The Balaban J connectivity index is 4.22. The Morgan fingerprint density at radius 2 is 1.93 bits per heavy atom. The smallest absolute Gasteiger partial charge is 0.410 e. The molecule has 88 valence electrons. The van der Waals surface area contributed by atoms with Gasteiger partial charge in [0, 0.05) is 7.05 Å². The summed E-state index contributed by atoms with van der Waals surface area (Å²) in [6, 6.07) is -0.815. The first-order valence-corrected chi connectivity index (χ1v) is 5.02. The monoisotopic (exact) mass is 217 g/mol. The third-order valence-corrected chi connectivity index (χ3v) is 1.97. The molecule has 1 amide bonds. The van der Waals surface area contributed by atoms with Crippen molar-refractivity contribution in [2.45, 2.75) is 33.2 Å². The summed E-state index contributed by atoms with van der Waals surface area (Å²) in [5.74, 6) is -0.770. The van der Waals surface area contributed by atoms with Crippen LogP contribution in [0.1, 0.15) is 27.2 Å². The summed E-state index contributed by atoms with van der Waals surface area (Å²) in [5, 5.41) is 8.82. The fourth-order valence-electron chi connectivity index (χ4n) is 1.08. The van der Waals surface area contributed by atoms with E-state index in [1.54, 1.807) is 6.92 Å². The van der Waals surface area contributed by atoms with Gasteiger partial charge in [0.2, 0.25) is 0 Å². The van der Waals surface area contributed by atoms with Crippen molar-refractivity contribution < 1.29 is 19.4 Å². The zero-order valence-corrected chi connectivity index (χ0v) is 9.69. The molecule has 0 rings (SSSR count). The fraction of sp³-hybridized carbons (Fsp3) is 0.800. The number of aliphatic carboxylic acids is 1. The van der Waals surface area contributed by atoms with Gasteiger partial charge in [-0.1, -0.05) is 20.8 Å². The summed E-state index contributed by atoms with van der Waals surface area (Å²) >= 11 is 0. The van der Waals surface area contributed by atoms with Crippen molar-refractivity contribution in [1.29, 1.82) is 0 Å². The van der Waals surface area contributed by atoms with Crippen molar-refractivity contribution in [2.75, 3.05) is 13.7 Å². The van der Waals surface area contributed by atoms with Crippen molar-refractivity contribution in [2.24, 2.45) is 5.92 Å². The van der Waals surface area contributed by atoms with Crippen molar-refractivity contribution in [1.82, 2.24) is 4.90 Å². The van der Waals surface area contributed by atoms with Gasteiger partial charge in [0.1, 0.15) is 6.04 Å². The van der Waals surface area contributed by atoms with Crippen LogP contribution < -0.4 is 0 Å². The highest BCUT2D eigenvalue weighted by molar-refractivity contribution is 5.79. The maximum Gasteiger partial charge on any atom is 0.410 e. The van der Waals surface area contributed by atoms with Crippen molar-refractivity contribution in [3.63, 3.8) is 0 Å². The Morgan fingerprint density at radius 3 is 2.27 bits per heavy atom. The average Bonchev–Trinajstić information content (AvgIpc) is 2.14. The number of hydrogen-bond donors (Lipinski definition) is 1. The minimum absolute atomic E-state index is 0.243. The Hall–Kier alpha value is -1.26. The molecule has 0 heterocycles. The lowest BCUT2D eigenvalue weighted by atomic mass is 10.2. The number of amides is 1. The predicted octanol–water partition coefficient (Wildman–Crippen LogP) is 1.57. The van der Waals surface area contributed by atoms with E-state index in [2.05, 4.69) is 0 Å². The van der Waals surface area contributed by atoms with Crippen LogP contribution in [0.3, 0.4) is 0 Å². The summed E-state index contributed by atoms with van der Waals surface area (Å²) in [5.41, 5.74) is 0. The number of carboxylic acid groups (broad SMARTS) is 1. The van der Waals surface area contributed by atoms with E-state index in [4.69, 9.17) is 9.84 Å². The summed E-state index contributed by atoms with van der Waals surface area (Å²) in [6.45, 7) is 5.85. The second-order valence-electron chi connectivity index (χ2n) is 3.84. The van der Waals surface area contributed by atoms with Crippen molar-refractivity contribution in [3.05, 3.63) is 0 Å². The number of carbonyl (C=O) groups excluding carboxylic acids is 1. The van der Waals surface area contributed by atoms with E-state index in [1.807, 2.05) is 13.8 Å². The van der Waals surface area contributed by atoms with E-state index in [0.29, 0.717) is 13.0 Å². The van der Waals surface area contributed by atoms with Crippen molar-refractivity contribution >= 4 is 12.1 Å². The standard InChI is InChI=1S/C10H19NO4/c1-5-8(9(12)13)11(4)10(14)15-6-7(2)3/h7-8H,5-6H2,1-4H3,(H,12,13). The first-order valence-electron chi connectivity index (χ1n) is 5.02. The summed E-state index contributed by atoms with van der Waals surface area (Å²) in [7, 11) is 1.44. The van der Waals surface area contributed by atoms with Crippen LogP contribution in [0.2, 0.25) is 0 Å². The molecule has 5 nitrogen and oxygen atoms in total. The number of carbonyl (C=O) groups is 2. The maximum atomic E-state index is 11.4. The maximum absolute atomic E-state index is 11.4.